The van der Waals surface area contributed by atoms with E-state index in [1.165, 1.54) is 44.6 Å². The number of rotatable bonds is 12. The van der Waals surface area contributed by atoms with E-state index in [0.717, 1.165) is 17.0 Å². The number of anilines is 1. The van der Waals surface area contributed by atoms with Crippen molar-refractivity contribution in [2.24, 2.45) is 0 Å². The fraction of sp³-hybridized carbons (Fsp3) is 0.318. The minimum absolute atomic E-state index is 0.000209. The molecule has 0 aromatic heterocycles. The quantitative estimate of drug-likeness (QED) is 0.350. The number of carbonyl (C=O) groups is 2. The van der Waals surface area contributed by atoms with Gasteiger partial charge in [-0.05, 0) is 30.3 Å². The maximum atomic E-state index is 14.2. The van der Waals surface area contributed by atoms with E-state index in [1.54, 1.807) is 0 Å². The van der Waals surface area contributed by atoms with E-state index in [2.05, 4.69) is 4.72 Å². The Hall–Kier alpha value is -3.53. The summed E-state index contributed by atoms with van der Waals surface area (Å²) in [6, 6.07) is 11.0. The summed E-state index contributed by atoms with van der Waals surface area (Å²) in [6.45, 7) is -0.722. The van der Waals surface area contributed by atoms with E-state index in [0.29, 0.717) is 0 Å². The van der Waals surface area contributed by atoms with Crippen LogP contribution in [0.15, 0.2) is 47.4 Å². The van der Waals surface area contributed by atoms with Gasteiger partial charge in [-0.25, -0.2) is 22.3 Å². The standard InChI is InChI=1S/C22H24FN3O7S/c1-31-13-11-25-34(29,30)20-14-16(8-9-19(20)32-2)22(28)33-15-21(27)26(12-5-10-24)18-7-4-3-6-17(18)23/h3-4,6-9,14,25H,5,11-13,15H2,1-2H3. The van der Waals surface area contributed by atoms with Crippen LogP contribution < -0.4 is 14.4 Å². The third kappa shape index (κ3) is 6.98. The van der Waals surface area contributed by atoms with E-state index < -0.39 is 34.3 Å². The number of nitrogens with zero attached hydrogens (tertiary/aromatic N) is 2. The molecule has 2 aromatic rings. The highest BCUT2D eigenvalue weighted by Gasteiger charge is 2.24. The number of carbonyl (C=O) groups excluding carboxylic acids is 2. The smallest absolute Gasteiger partial charge is 0.338 e. The summed E-state index contributed by atoms with van der Waals surface area (Å²) in [5.74, 6) is -2.40. The molecule has 1 N–H and O–H groups in total. The normalized spacial score (nSPS) is 10.9. The molecule has 12 heteroatoms. The highest BCUT2D eigenvalue weighted by molar-refractivity contribution is 7.89. The van der Waals surface area contributed by atoms with Crippen LogP contribution in [0.25, 0.3) is 0 Å². The number of ether oxygens (including phenoxy) is 3. The van der Waals surface area contributed by atoms with Gasteiger partial charge in [-0.1, -0.05) is 12.1 Å². The second-order valence-electron chi connectivity index (χ2n) is 6.74. The zero-order chi connectivity index (χ0) is 25.1. The van der Waals surface area contributed by atoms with E-state index >= 15 is 0 Å². The molecule has 34 heavy (non-hydrogen) atoms. The molecule has 0 saturated heterocycles. The van der Waals surface area contributed by atoms with Crippen molar-refractivity contribution in [3.63, 3.8) is 0 Å². The highest BCUT2D eigenvalue weighted by Crippen LogP contribution is 2.25. The summed E-state index contributed by atoms with van der Waals surface area (Å²) < 4.78 is 56.6. The van der Waals surface area contributed by atoms with Crippen molar-refractivity contribution in [1.82, 2.24) is 4.72 Å². The van der Waals surface area contributed by atoms with Crippen molar-refractivity contribution < 1.29 is 36.6 Å². The van der Waals surface area contributed by atoms with Gasteiger partial charge < -0.3 is 19.1 Å². The maximum Gasteiger partial charge on any atom is 0.338 e. The minimum Gasteiger partial charge on any atom is -0.495 e. The lowest BCUT2D eigenvalue weighted by Gasteiger charge is -2.22. The zero-order valence-electron chi connectivity index (χ0n) is 18.6. The summed E-state index contributed by atoms with van der Waals surface area (Å²) in [5.41, 5.74) is -0.200. The van der Waals surface area contributed by atoms with Crippen LogP contribution in [0, 0.1) is 17.1 Å². The van der Waals surface area contributed by atoms with Crippen LogP contribution >= 0.6 is 0 Å². The van der Waals surface area contributed by atoms with Crippen molar-refractivity contribution in [3.8, 4) is 11.8 Å². The number of hydrogen-bond donors (Lipinski definition) is 1. The van der Waals surface area contributed by atoms with Gasteiger partial charge in [0, 0.05) is 20.2 Å². The molecule has 0 atom stereocenters. The van der Waals surface area contributed by atoms with Gasteiger partial charge in [-0.15, -0.1) is 0 Å². The molecule has 0 radical (unpaired) electrons. The Morgan fingerprint density at radius 2 is 1.91 bits per heavy atom. The number of sulfonamides is 1. The SMILES string of the molecule is COCCNS(=O)(=O)c1cc(C(=O)OCC(=O)N(CCC#N)c2ccccc2F)ccc1OC. The van der Waals surface area contributed by atoms with Gasteiger partial charge in [0.25, 0.3) is 5.91 Å². The predicted octanol–water partition coefficient (Wildman–Crippen LogP) is 1.86. The van der Waals surface area contributed by atoms with Crippen LogP contribution in [0.5, 0.6) is 5.75 Å². The lowest BCUT2D eigenvalue weighted by atomic mass is 10.2. The highest BCUT2D eigenvalue weighted by atomic mass is 32.2. The second kappa shape index (κ2) is 12.6. The average Bonchev–Trinajstić information content (AvgIpc) is 2.83. The van der Waals surface area contributed by atoms with Crippen LogP contribution in [0.4, 0.5) is 10.1 Å². The number of para-hydroxylation sites is 1. The number of halogens is 1. The number of nitriles is 1. The van der Waals surface area contributed by atoms with Gasteiger partial charge in [-0.2, -0.15) is 5.26 Å². The van der Waals surface area contributed by atoms with Gasteiger partial charge in [0.15, 0.2) is 6.61 Å². The maximum absolute atomic E-state index is 14.2. The summed E-state index contributed by atoms with van der Waals surface area (Å²) >= 11 is 0. The number of nitrogens with one attached hydrogen (secondary N) is 1. The molecule has 0 aliphatic carbocycles. The molecule has 0 fully saturated rings. The average molecular weight is 494 g/mol. The van der Waals surface area contributed by atoms with Crippen LogP contribution in [0.2, 0.25) is 0 Å². The Balaban J connectivity index is 2.19. The van der Waals surface area contributed by atoms with Crippen molar-refractivity contribution in [3.05, 3.63) is 53.8 Å². The van der Waals surface area contributed by atoms with Gasteiger partial charge >= 0.3 is 5.97 Å². The zero-order valence-corrected chi connectivity index (χ0v) is 19.4. The fourth-order valence-electron chi connectivity index (χ4n) is 2.87. The molecule has 0 aliphatic heterocycles. The summed E-state index contributed by atoms with van der Waals surface area (Å²) in [6.07, 6.45) is -0.0657. The van der Waals surface area contributed by atoms with E-state index in [9.17, 15) is 22.4 Å². The first-order valence-corrected chi connectivity index (χ1v) is 11.5. The molecule has 2 aromatic carbocycles. The van der Waals surface area contributed by atoms with Gasteiger partial charge in [0.05, 0.1) is 37.5 Å². The first-order chi connectivity index (χ1) is 16.2. The number of methoxy groups -OCH3 is 2. The molecular weight excluding hydrogens is 469 g/mol. The summed E-state index contributed by atoms with van der Waals surface area (Å²) in [7, 11) is -1.34. The lowest BCUT2D eigenvalue weighted by Crippen LogP contribution is -2.36. The van der Waals surface area contributed by atoms with Gasteiger partial charge in [-0.3, -0.25) is 4.79 Å². The Bertz CT molecular complexity index is 1170. The molecular formula is C22H24FN3O7S. The van der Waals surface area contributed by atoms with Crippen LogP contribution in [-0.4, -0.2) is 60.8 Å². The van der Waals surface area contributed by atoms with Crippen molar-refractivity contribution >= 4 is 27.6 Å². The molecule has 0 heterocycles. The predicted molar refractivity (Wildman–Crippen MR) is 119 cm³/mol. The number of amides is 1. The topological polar surface area (TPSA) is 135 Å². The molecule has 10 nitrogen and oxygen atoms in total. The third-order valence-corrected chi connectivity index (χ3v) is 5.99. The molecule has 0 unspecified atom stereocenters. The van der Waals surface area contributed by atoms with Gasteiger partial charge in [0.2, 0.25) is 10.0 Å². The molecule has 0 saturated carbocycles. The first-order valence-electron chi connectivity index (χ1n) is 10.0. The number of hydrogen-bond acceptors (Lipinski definition) is 8. The van der Waals surface area contributed by atoms with Crippen molar-refractivity contribution in [1.29, 1.82) is 5.26 Å². The monoisotopic (exact) mass is 493 g/mol. The Kier molecular flexibility index (Phi) is 9.93. The van der Waals surface area contributed by atoms with Crippen LogP contribution in [0.1, 0.15) is 16.8 Å². The van der Waals surface area contributed by atoms with Crippen molar-refractivity contribution in [2.45, 2.75) is 11.3 Å². The first kappa shape index (κ1) is 26.7. The molecule has 0 bridgehead atoms. The second-order valence-corrected chi connectivity index (χ2v) is 8.47. The summed E-state index contributed by atoms with van der Waals surface area (Å²) in [4.78, 5) is 25.9. The van der Waals surface area contributed by atoms with Crippen molar-refractivity contribution in [2.75, 3.05) is 45.4 Å². The van der Waals surface area contributed by atoms with Crippen LogP contribution in [-0.2, 0) is 24.3 Å². The number of benzene rings is 2. The fourth-order valence-corrected chi connectivity index (χ4v) is 4.08. The van der Waals surface area contributed by atoms with E-state index in [-0.39, 0.29) is 48.0 Å². The molecule has 1 amide bonds. The van der Waals surface area contributed by atoms with E-state index in [4.69, 9.17) is 19.5 Å². The third-order valence-electron chi connectivity index (χ3n) is 4.51. The Morgan fingerprint density at radius 3 is 2.56 bits per heavy atom. The molecule has 2 rings (SSSR count). The largest absolute Gasteiger partial charge is 0.495 e. The Labute approximate surface area is 196 Å². The minimum atomic E-state index is -4.04. The van der Waals surface area contributed by atoms with E-state index in [1.807, 2.05) is 6.07 Å². The van der Waals surface area contributed by atoms with Gasteiger partial charge in [0.1, 0.15) is 16.5 Å². The number of esters is 1. The Morgan fingerprint density at radius 1 is 1.18 bits per heavy atom. The van der Waals surface area contributed by atoms with Crippen LogP contribution in [0.3, 0.4) is 0 Å². The molecule has 182 valence electrons. The summed E-state index contributed by atoms with van der Waals surface area (Å²) in [5, 5.41) is 8.84. The molecule has 0 spiro atoms. The molecule has 0 aliphatic rings. The lowest BCUT2D eigenvalue weighted by molar-refractivity contribution is -0.121.